The number of ether oxygens (including phenoxy) is 6. The summed E-state index contributed by atoms with van der Waals surface area (Å²) in [4.78, 5) is 36.0. The van der Waals surface area contributed by atoms with Gasteiger partial charge in [-0.25, -0.2) is 34.9 Å². The molecule has 0 unspecified atom stereocenters. The Balaban J connectivity index is 0.000000174. The van der Waals surface area contributed by atoms with Crippen LogP contribution in [-0.4, -0.2) is 130 Å². The van der Waals surface area contributed by atoms with Gasteiger partial charge in [-0.05, 0) is 44.4 Å². The summed E-state index contributed by atoms with van der Waals surface area (Å²) in [5.41, 5.74) is 2.78. The molecule has 0 amide bonds. The van der Waals surface area contributed by atoms with Crippen LogP contribution < -0.4 is 28.4 Å². The van der Waals surface area contributed by atoms with Crippen molar-refractivity contribution in [2.75, 3.05) is 74.8 Å². The molecule has 0 saturated heterocycles. The Morgan fingerprint density at radius 3 is 1.69 bits per heavy atom. The monoisotopic (exact) mass is 918 g/mol. The number of aromatic nitrogens is 8. The second-order valence-corrected chi connectivity index (χ2v) is 14.6. The minimum absolute atomic E-state index is 0.0368. The number of hydrogen-bond donors (Lipinski definition) is 2. The number of benzene rings is 3. The summed E-state index contributed by atoms with van der Waals surface area (Å²) in [6.45, 7) is 3.53. The highest BCUT2D eigenvalue weighted by Crippen LogP contribution is 2.37. The van der Waals surface area contributed by atoms with Gasteiger partial charge in [-0.3, -0.25) is 9.80 Å². The number of methoxy groups -OCH3 is 3. The molecule has 8 rings (SSSR count). The van der Waals surface area contributed by atoms with Gasteiger partial charge < -0.3 is 38.5 Å². The molecule has 3 aromatic carbocycles. The Morgan fingerprint density at radius 1 is 0.631 bits per heavy atom. The number of rotatable bonds is 15. The van der Waals surface area contributed by atoms with E-state index in [4.69, 9.17) is 64.5 Å². The number of nitrogens with one attached hydrogen (secondary N) is 1. The van der Waals surface area contributed by atoms with Crippen molar-refractivity contribution < 1.29 is 33.5 Å². The van der Waals surface area contributed by atoms with Crippen molar-refractivity contribution in [1.82, 2.24) is 49.7 Å². The Labute approximate surface area is 384 Å². The number of fused-ring (bicyclic) bond motifs is 4. The largest absolute Gasteiger partial charge is 0.504 e. The molecular weight excluding hydrogens is 875 g/mol. The molecule has 334 valence electrons. The second-order valence-electron chi connectivity index (χ2n) is 13.9. The van der Waals surface area contributed by atoms with Gasteiger partial charge in [0, 0.05) is 53.6 Å². The topological polar surface area (TPSA) is 188 Å². The molecular formula is C46H44Cl2N10O7. The molecule has 17 nitrogen and oxygen atoms in total. The molecule has 0 atom stereocenters. The van der Waals surface area contributed by atoms with E-state index in [2.05, 4.69) is 51.7 Å². The highest BCUT2D eigenvalue weighted by Gasteiger charge is 2.15. The van der Waals surface area contributed by atoms with Gasteiger partial charge in [0.2, 0.25) is 5.88 Å². The van der Waals surface area contributed by atoms with E-state index in [9.17, 15) is 5.11 Å². The summed E-state index contributed by atoms with van der Waals surface area (Å²) in [6, 6.07) is 14.1. The fourth-order valence-corrected chi connectivity index (χ4v) is 6.47. The zero-order chi connectivity index (χ0) is 46.3. The zero-order valence-corrected chi connectivity index (χ0v) is 37.6. The predicted molar refractivity (Wildman–Crippen MR) is 250 cm³/mol. The minimum atomic E-state index is 0.0368. The van der Waals surface area contributed by atoms with E-state index in [0.717, 1.165) is 23.0 Å². The smallest absolute Gasteiger partial charge is 0.230 e. The van der Waals surface area contributed by atoms with E-state index < -0.39 is 0 Å². The first-order chi connectivity index (χ1) is 31.5. The van der Waals surface area contributed by atoms with Gasteiger partial charge in [-0.15, -0.1) is 12.8 Å². The van der Waals surface area contributed by atoms with Crippen molar-refractivity contribution >= 4 is 66.9 Å². The highest BCUT2D eigenvalue weighted by molar-refractivity contribution is 6.34. The number of aromatic hydroxyl groups is 1. The number of terminal acetylenes is 2. The fraction of sp³-hybridized carbons (Fsp3) is 0.239. The normalized spacial score (nSPS) is 10.8. The maximum atomic E-state index is 9.47. The highest BCUT2D eigenvalue weighted by atomic mass is 35.5. The van der Waals surface area contributed by atoms with Gasteiger partial charge in [0.25, 0.3) is 0 Å². The third kappa shape index (κ3) is 12.2. The fourth-order valence-electron chi connectivity index (χ4n) is 6.08. The summed E-state index contributed by atoms with van der Waals surface area (Å²) in [7, 11) is 8.52. The van der Waals surface area contributed by atoms with Crippen LogP contribution in [0.25, 0.3) is 43.7 Å². The summed E-state index contributed by atoms with van der Waals surface area (Å²) in [6.07, 6.45) is 18.3. The number of likely N-dealkylation sites (N-methyl/N-ethyl adjacent to an activating group) is 2. The average molecular weight is 920 g/mol. The molecule has 0 aliphatic heterocycles. The van der Waals surface area contributed by atoms with Crippen LogP contribution in [0, 0.1) is 24.7 Å². The molecule has 0 aliphatic rings. The first kappa shape index (κ1) is 47.1. The number of hydrogen-bond acceptors (Lipinski definition) is 16. The first-order valence-corrected chi connectivity index (χ1v) is 20.4. The lowest BCUT2D eigenvalue weighted by molar-refractivity contribution is 0.242. The van der Waals surface area contributed by atoms with Crippen molar-refractivity contribution in [3.05, 3.63) is 90.2 Å². The quantitative estimate of drug-likeness (QED) is 0.0760. The van der Waals surface area contributed by atoms with Gasteiger partial charge in [0.05, 0.1) is 62.6 Å². The van der Waals surface area contributed by atoms with Gasteiger partial charge in [-0.2, -0.15) is 0 Å². The number of H-pyrrole nitrogens is 1. The number of aromatic amines is 1. The van der Waals surface area contributed by atoms with E-state index in [1.165, 1.54) is 32.2 Å². The maximum Gasteiger partial charge on any atom is 0.230 e. The van der Waals surface area contributed by atoms with Gasteiger partial charge in [0.1, 0.15) is 53.9 Å². The Bertz CT molecular complexity index is 2980. The molecule has 0 saturated carbocycles. The summed E-state index contributed by atoms with van der Waals surface area (Å²) >= 11 is 11.9. The molecule has 65 heavy (non-hydrogen) atoms. The predicted octanol–water partition coefficient (Wildman–Crippen LogP) is 7.48. The molecule has 19 heteroatoms. The van der Waals surface area contributed by atoms with Crippen LogP contribution >= 0.6 is 23.2 Å². The minimum Gasteiger partial charge on any atom is -0.504 e. The summed E-state index contributed by atoms with van der Waals surface area (Å²) in [5, 5.41) is 13.2. The number of phenolic OH excluding ortho intramolecular Hbond substituents is 1. The number of pyridine rings is 1. The molecule has 5 heterocycles. The Hall–Kier alpha value is -7.41. The lowest BCUT2D eigenvalue weighted by atomic mass is 10.2. The Morgan fingerprint density at radius 2 is 1.14 bits per heavy atom. The molecule has 8 aromatic rings. The molecule has 0 fully saturated rings. The third-order valence-electron chi connectivity index (χ3n) is 9.42. The van der Waals surface area contributed by atoms with Crippen molar-refractivity contribution in [3.63, 3.8) is 0 Å². The van der Waals surface area contributed by atoms with Gasteiger partial charge in [0.15, 0.2) is 34.5 Å². The summed E-state index contributed by atoms with van der Waals surface area (Å²) in [5.74, 6) is 8.96. The van der Waals surface area contributed by atoms with E-state index in [1.807, 2.05) is 54.4 Å². The Kier molecular flexibility index (Phi) is 16.5. The lowest BCUT2D eigenvalue weighted by Crippen LogP contribution is -2.24. The van der Waals surface area contributed by atoms with Gasteiger partial charge in [-0.1, -0.05) is 35.0 Å². The van der Waals surface area contributed by atoms with Crippen LogP contribution in [0.5, 0.6) is 46.1 Å². The van der Waals surface area contributed by atoms with Crippen LogP contribution in [0.15, 0.2) is 79.9 Å². The van der Waals surface area contributed by atoms with E-state index in [-0.39, 0.29) is 5.75 Å². The van der Waals surface area contributed by atoms with E-state index in [0.29, 0.717) is 111 Å². The second kappa shape index (κ2) is 22.8. The average Bonchev–Trinajstić information content (AvgIpc) is 3.78. The van der Waals surface area contributed by atoms with Crippen LogP contribution in [0.1, 0.15) is 0 Å². The van der Waals surface area contributed by atoms with Crippen molar-refractivity contribution in [2.45, 2.75) is 0 Å². The molecule has 0 spiro atoms. The third-order valence-corrected chi connectivity index (χ3v) is 10.0. The van der Waals surface area contributed by atoms with Crippen molar-refractivity contribution in [2.24, 2.45) is 0 Å². The van der Waals surface area contributed by atoms with Crippen LogP contribution in [0.3, 0.4) is 0 Å². The summed E-state index contributed by atoms with van der Waals surface area (Å²) < 4.78 is 33.4. The van der Waals surface area contributed by atoms with Crippen molar-refractivity contribution in [1.29, 1.82) is 0 Å². The molecule has 0 bridgehead atoms. The number of phenols is 1. The van der Waals surface area contributed by atoms with Crippen LogP contribution in [0.4, 0.5) is 0 Å². The molecule has 0 radical (unpaired) electrons. The van der Waals surface area contributed by atoms with Crippen molar-refractivity contribution in [3.8, 4) is 70.8 Å². The van der Waals surface area contributed by atoms with Crippen LogP contribution in [0.2, 0.25) is 10.3 Å². The zero-order valence-electron chi connectivity index (χ0n) is 36.1. The first-order valence-electron chi connectivity index (χ1n) is 19.6. The van der Waals surface area contributed by atoms with Crippen LogP contribution in [-0.2, 0) is 0 Å². The molecule has 5 aromatic heterocycles. The molecule has 2 N–H and O–H groups in total. The van der Waals surface area contributed by atoms with Gasteiger partial charge >= 0.3 is 0 Å². The standard InChI is InChI=1S/C22H21N5O3.C15H16ClN3O2.C9H7ClN2O2/c1-4-7-27(2)8-9-29-20-12-18-17(11-19(20)28-3)22(26-14-25-18)30-16-10-15-5-6-23-21(15)24-13-16;1-4-5-19(2)6-7-21-14-9-12-11(8-13(14)20-3)15(16)18-10-17-12;1-14-8-2-5-6(3-7(8)13)11-4-12-9(5)10/h1,5-6,10-14H,7-9H2,2-3H3,(H,23,24);1,8-10H,5-7H2,2-3H3;2-4,13H,1H3. The number of nitrogens with zero attached hydrogens (tertiary/aromatic N) is 9. The SMILES string of the molecule is C#CCN(C)CCOc1cc2ncnc(Cl)c2cc1OC.C#CCN(C)CCOc1cc2ncnc(Oc3cnc4[nH]ccc4c3)c2cc1OC.COc1cc2c(Cl)ncnc2cc1O. The molecule has 0 aliphatic carbocycles. The maximum absolute atomic E-state index is 9.47. The van der Waals surface area contributed by atoms with E-state index in [1.54, 1.807) is 38.6 Å². The van der Waals surface area contributed by atoms with E-state index >= 15 is 0 Å². The lowest BCUT2D eigenvalue weighted by Gasteiger charge is -2.16. The number of halogens is 2.